The van der Waals surface area contributed by atoms with Gasteiger partial charge in [-0.2, -0.15) is 5.10 Å². The molecular weight excluding hydrogens is 464 g/mol. The summed E-state index contributed by atoms with van der Waals surface area (Å²) in [6.45, 7) is 0.00938. The van der Waals surface area contributed by atoms with Crippen LogP contribution in [0.1, 0.15) is 33.8 Å². The van der Waals surface area contributed by atoms with E-state index >= 15 is 0 Å². The molecule has 0 saturated carbocycles. The lowest BCUT2D eigenvalue weighted by Gasteiger charge is -2.37. The van der Waals surface area contributed by atoms with Gasteiger partial charge >= 0.3 is 0 Å². The fraction of sp³-hybridized carbons (Fsp3) is 0.240. The molecule has 1 aromatic carbocycles. The Bertz CT molecular complexity index is 1490. The van der Waals surface area contributed by atoms with Crippen molar-refractivity contribution in [2.45, 2.75) is 18.5 Å². The van der Waals surface area contributed by atoms with Crippen LogP contribution in [-0.2, 0) is 21.7 Å². The van der Waals surface area contributed by atoms with Crippen molar-refractivity contribution in [2.75, 3.05) is 20.2 Å². The number of piperazine rings is 1. The first-order valence-electron chi connectivity index (χ1n) is 11.4. The maximum absolute atomic E-state index is 13.3. The van der Waals surface area contributed by atoms with Crippen LogP contribution in [0.2, 0.25) is 0 Å². The topological polar surface area (TPSA) is 138 Å². The Morgan fingerprint density at radius 2 is 2.06 bits per heavy atom. The Hall–Kier alpha value is -4.67. The summed E-state index contributed by atoms with van der Waals surface area (Å²) in [6.07, 6.45) is 4.31. The minimum atomic E-state index is -1.62. The lowest BCUT2D eigenvalue weighted by molar-refractivity contribution is -0.140. The molecule has 0 unspecified atom stereocenters. The lowest BCUT2D eigenvalue weighted by Crippen LogP contribution is -2.67. The average Bonchev–Trinajstić information content (AvgIpc) is 3.47. The van der Waals surface area contributed by atoms with Crippen molar-refractivity contribution in [3.8, 4) is 5.75 Å². The molecule has 3 aromatic rings. The van der Waals surface area contributed by atoms with Gasteiger partial charge in [0.05, 0.1) is 31.6 Å². The number of nitrogens with zero attached hydrogens (tertiary/aromatic N) is 3. The van der Waals surface area contributed by atoms with E-state index in [2.05, 4.69) is 26.1 Å². The molecule has 11 heteroatoms. The van der Waals surface area contributed by atoms with E-state index in [0.717, 1.165) is 11.3 Å². The minimum Gasteiger partial charge on any atom is -0.497 e. The maximum atomic E-state index is 13.3. The Kier molecular flexibility index (Phi) is 4.99. The summed E-state index contributed by atoms with van der Waals surface area (Å²) in [5.41, 5.74) is 4.88. The van der Waals surface area contributed by atoms with Crippen LogP contribution in [0.4, 0.5) is 0 Å². The van der Waals surface area contributed by atoms with Gasteiger partial charge in [0, 0.05) is 30.8 Å². The molecule has 1 fully saturated rings. The Labute approximate surface area is 205 Å². The summed E-state index contributed by atoms with van der Waals surface area (Å²) in [5.74, 6) is -0.353. The number of aromatic nitrogens is 1. The molecule has 3 aliphatic rings. The minimum absolute atomic E-state index is 0.117. The summed E-state index contributed by atoms with van der Waals surface area (Å²) in [5, 5.41) is 9.69. The first-order valence-corrected chi connectivity index (χ1v) is 11.4. The predicted molar refractivity (Wildman–Crippen MR) is 128 cm³/mol. The van der Waals surface area contributed by atoms with Crippen LogP contribution in [0, 0.1) is 0 Å². The van der Waals surface area contributed by atoms with Gasteiger partial charge in [0.15, 0.2) is 11.1 Å². The first kappa shape index (κ1) is 21.8. The van der Waals surface area contributed by atoms with E-state index in [1.807, 2.05) is 12.1 Å². The Morgan fingerprint density at radius 3 is 2.86 bits per heavy atom. The number of carbonyl (C=O) groups is 3. The van der Waals surface area contributed by atoms with E-state index in [1.54, 1.807) is 36.5 Å². The Morgan fingerprint density at radius 1 is 1.17 bits per heavy atom. The van der Waals surface area contributed by atoms with Crippen molar-refractivity contribution >= 4 is 34.5 Å². The zero-order valence-electron chi connectivity index (χ0n) is 19.3. The van der Waals surface area contributed by atoms with E-state index < -0.39 is 11.4 Å². The molecule has 3 amide bonds. The number of nitrogens with one attached hydrogen (secondary N) is 3. The van der Waals surface area contributed by atoms with E-state index in [4.69, 9.17) is 9.15 Å². The molecule has 36 heavy (non-hydrogen) atoms. The van der Waals surface area contributed by atoms with Gasteiger partial charge in [0.1, 0.15) is 17.0 Å². The normalized spacial score (nSPS) is 21.1. The number of fused-ring (bicyclic) bond motifs is 2. The number of ether oxygens (including phenoxy) is 1. The van der Waals surface area contributed by atoms with Crippen molar-refractivity contribution in [1.29, 1.82) is 0 Å². The van der Waals surface area contributed by atoms with Gasteiger partial charge in [0.25, 0.3) is 11.8 Å². The SMILES string of the molecule is COc1ccc2c(c1)C(=O)N(C[C@@]1(c3cc4nc(C5=NNC=CC5)ccc4o3)NC(=O)CNC1=O)C2. The number of carbonyl (C=O) groups excluding carboxylic acids is 3. The summed E-state index contributed by atoms with van der Waals surface area (Å²) < 4.78 is 11.3. The lowest BCUT2D eigenvalue weighted by atomic mass is 9.91. The third-order valence-corrected chi connectivity index (χ3v) is 6.57. The van der Waals surface area contributed by atoms with E-state index in [1.165, 1.54) is 12.0 Å². The van der Waals surface area contributed by atoms with Gasteiger partial charge in [-0.3, -0.25) is 19.8 Å². The predicted octanol–water partition coefficient (Wildman–Crippen LogP) is 1.14. The first-order chi connectivity index (χ1) is 17.5. The molecule has 182 valence electrons. The highest BCUT2D eigenvalue weighted by molar-refractivity contribution is 6.03. The monoisotopic (exact) mass is 486 g/mol. The van der Waals surface area contributed by atoms with E-state index in [-0.39, 0.29) is 37.2 Å². The summed E-state index contributed by atoms with van der Waals surface area (Å²) in [6, 6.07) is 10.5. The smallest absolute Gasteiger partial charge is 0.256 e. The molecule has 3 aliphatic heterocycles. The fourth-order valence-electron chi connectivity index (χ4n) is 4.74. The van der Waals surface area contributed by atoms with Crippen LogP contribution in [0.5, 0.6) is 5.75 Å². The zero-order valence-corrected chi connectivity index (χ0v) is 19.3. The number of amides is 3. The molecule has 11 nitrogen and oxygen atoms in total. The molecule has 0 spiro atoms. The van der Waals surface area contributed by atoms with Gasteiger partial charge in [-0.25, -0.2) is 4.98 Å². The third kappa shape index (κ3) is 3.47. The van der Waals surface area contributed by atoms with Gasteiger partial charge in [-0.05, 0) is 29.8 Å². The fourth-order valence-corrected chi connectivity index (χ4v) is 4.74. The number of hydrogen-bond donors (Lipinski definition) is 3. The largest absolute Gasteiger partial charge is 0.497 e. The van der Waals surface area contributed by atoms with Crippen LogP contribution in [0.15, 0.2) is 58.2 Å². The summed E-state index contributed by atoms with van der Waals surface area (Å²) in [7, 11) is 1.53. The average molecular weight is 486 g/mol. The van der Waals surface area contributed by atoms with Crippen molar-refractivity contribution in [2.24, 2.45) is 5.10 Å². The number of benzene rings is 1. The number of methoxy groups -OCH3 is 1. The van der Waals surface area contributed by atoms with Crippen LogP contribution in [0.25, 0.3) is 11.1 Å². The molecule has 0 bridgehead atoms. The highest BCUT2D eigenvalue weighted by atomic mass is 16.5. The van der Waals surface area contributed by atoms with E-state index in [0.29, 0.717) is 34.5 Å². The van der Waals surface area contributed by atoms with Crippen LogP contribution in [0.3, 0.4) is 0 Å². The van der Waals surface area contributed by atoms with Gasteiger partial charge in [0.2, 0.25) is 5.91 Å². The number of rotatable bonds is 5. The van der Waals surface area contributed by atoms with Crippen LogP contribution >= 0.6 is 0 Å². The van der Waals surface area contributed by atoms with Crippen molar-refractivity contribution in [3.05, 3.63) is 71.3 Å². The van der Waals surface area contributed by atoms with E-state index in [9.17, 15) is 14.4 Å². The van der Waals surface area contributed by atoms with Crippen LogP contribution in [-0.4, -0.2) is 53.5 Å². The molecule has 6 rings (SSSR count). The number of hydrazone groups is 1. The quantitative estimate of drug-likeness (QED) is 0.492. The maximum Gasteiger partial charge on any atom is 0.256 e. The van der Waals surface area contributed by atoms with Gasteiger partial charge in [-0.1, -0.05) is 12.1 Å². The van der Waals surface area contributed by atoms with Crippen molar-refractivity contribution in [3.63, 3.8) is 0 Å². The van der Waals surface area contributed by atoms with Crippen LogP contribution < -0.4 is 20.8 Å². The number of allylic oxidation sites excluding steroid dienone is 1. The molecule has 0 aliphatic carbocycles. The molecule has 5 heterocycles. The second kappa shape index (κ2) is 8.22. The third-order valence-electron chi connectivity index (χ3n) is 6.57. The second-order valence-corrected chi connectivity index (χ2v) is 8.81. The number of hydrogen-bond acceptors (Lipinski definition) is 8. The highest BCUT2D eigenvalue weighted by Crippen LogP contribution is 2.34. The molecule has 3 N–H and O–H groups in total. The van der Waals surface area contributed by atoms with Crippen molar-refractivity contribution < 1.29 is 23.5 Å². The summed E-state index contributed by atoms with van der Waals surface area (Å²) in [4.78, 5) is 45.2. The second-order valence-electron chi connectivity index (χ2n) is 8.81. The standard InChI is InChI=1S/C25H22N6O5/c1-35-15-5-4-14-12-31(23(33)16(14)9-15)13-25(24(34)26-11-22(32)29-25)21-10-19-20(36-21)7-6-17(28-19)18-3-2-8-27-30-18/h2,4-10,27H,3,11-13H2,1H3,(H,26,34)(H,29,32)/t25-/m0/s1. The van der Waals surface area contributed by atoms with Crippen molar-refractivity contribution in [1.82, 2.24) is 25.9 Å². The molecule has 1 saturated heterocycles. The summed E-state index contributed by atoms with van der Waals surface area (Å²) >= 11 is 0. The van der Waals surface area contributed by atoms with Gasteiger partial charge in [-0.15, -0.1) is 0 Å². The molecule has 1 atom stereocenters. The zero-order chi connectivity index (χ0) is 24.9. The molecule has 2 aromatic heterocycles. The number of furan rings is 1. The molecular formula is C25H22N6O5. The number of pyridine rings is 1. The Balaban J connectivity index is 1.38. The molecule has 0 radical (unpaired) electrons. The highest BCUT2D eigenvalue weighted by Gasteiger charge is 2.50. The van der Waals surface area contributed by atoms with Gasteiger partial charge < -0.3 is 24.7 Å².